The van der Waals surface area contributed by atoms with Gasteiger partial charge in [-0.25, -0.2) is 4.79 Å². The van der Waals surface area contributed by atoms with Crippen molar-refractivity contribution in [2.45, 2.75) is 6.42 Å². The summed E-state index contributed by atoms with van der Waals surface area (Å²) in [5.41, 5.74) is 0. The Morgan fingerprint density at radius 3 is 3.00 bits per heavy atom. The Hall–Kier alpha value is -1.60. The topological polar surface area (TPSA) is 61.1 Å². The number of rotatable bonds is 3. The molecule has 0 saturated carbocycles. The molecule has 0 aliphatic rings. The Kier molecular flexibility index (Phi) is 3.23. The maximum absolute atomic E-state index is 10.5. The maximum atomic E-state index is 10.5. The summed E-state index contributed by atoms with van der Waals surface area (Å²) in [7, 11) is 0. The third kappa shape index (κ3) is 2.73. The van der Waals surface area contributed by atoms with Crippen LogP contribution in [-0.4, -0.2) is 11.1 Å². The lowest BCUT2D eigenvalue weighted by Gasteiger charge is -1.82. The highest BCUT2D eigenvalue weighted by atomic mass is 32.1. The zero-order chi connectivity index (χ0) is 9.68. The summed E-state index contributed by atoms with van der Waals surface area (Å²) in [6.07, 6.45) is 3.80. The lowest BCUT2D eigenvalue weighted by molar-refractivity contribution is 0.0702. The quantitative estimate of drug-likeness (QED) is 0.801. The smallest absolute Gasteiger partial charge is 0.345 e. The van der Waals surface area contributed by atoms with Gasteiger partial charge in [-0.15, -0.1) is 11.3 Å². The number of hydrogen-bond acceptors (Lipinski definition) is 3. The molecule has 0 unspecified atom stereocenters. The highest BCUT2D eigenvalue weighted by Crippen LogP contribution is 2.17. The first-order valence-electron chi connectivity index (χ1n) is 3.60. The van der Waals surface area contributed by atoms with E-state index in [4.69, 9.17) is 10.4 Å². The second-order valence-corrected chi connectivity index (χ2v) is 3.39. The zero-order valence-electron chi connectivity index (χ0n) is 6.73. The third-order valence-electron chi connectivity index (χ3n) is 1.33. The molecule has 1 N–H and O–H groups in total. The van der Waals surface area contributed by atoms with E-state index in [2.05, 4.69) is 0 Å². The van der Waals surface area contributed by atoms with E-state index < -0.39 is 5.97 Å². The van der Waals surface area contributed by atoms with Gasteiger partial charge in [-0.3, -0.25) is 0 Å². The molecule has 1 aromatic rings. The van der Waals surface area contributed by atoms with Crippen molar-refractivity contribution in [3.05, 3.63) is 28.0 Å². The van der Waals surface area contributed by atoms with Crippen molar-refractivity contribution in [2.24, 2.45) is 0 Å². The van der Waals surface area contributed by atoms with Crippen LogP contribution in [-0.2, 0) is 0 Å². The average molecular weight is 193 g/mol. The van der Waals surface area contributed by atoms with E-state index in [1.54, 1.807) is 24.3 Å². The van der Waals surface area contributed by atoms with Gasteiger partial charge in [0.25, 0.3) is 0 Å². The van der Waals surface area contributed by atoms with Crippen molar-refractivity contribution in [1.29, 1.82) is 5.26 Å². The molecule has 0 saturated heterocycles. The molecule has 0 spiro atoms. The molecule has 13 heavy (non-hydrogen) atoms. The minimum atomic E-state index is -0.912. The van der Waals surface area contributed by atoms with Gasteiger partial charge in [0.05, 0.1) is 12.5 Å². The molecule has 0 aromatic carbocycles. The van der Waals surface area contributed by atoms with Crippen LogP contribution < -0.4 is 0 Å². The van der Waals surface area contributed by atoms with E-state index in [1.165, 1.54) is 11.3 Å². The summed E-state index contributed by atoms with van der Waals surface area (Å²) in [6.45, 7) is 0. The van der Waals surface area contributed by atoms with Crippen LogP contribution >= 0.6 is 11.3 Å². The Balaban J connectivity index is 2.70. The van der Waals surface area contributed by atoms with E-state index in [0.717, 1.165) is 4.88 Å². The van der Waals surface area contributed by atoms with Gasteiger partial charge in [-0.1, -0.05) is 6.08 Å². The fourth-order valence-electron chi connectivity index (χ4n) is 0.785. The van der Waals surface area contributed by atoms with Gasteiger partial charge in [0.2, 0.25) is 0 Å². The fourth-order valence-corrected chi connectivity index (χ4v) is 1.56. The predicted molar refractivity (Wildman–Crippen MR) is 50.5 cm³/mol. The Labute approximate surface area is 79.6 Å². The standard InChI is InChI=1S/C9H7NO2S/c10-6-2-1-3-7-4-5-8(13-7)9(11)12/h1,3-5H,2H2,(H,11,12). The van der Waals surface area contributed by atoms with Crippen LogP contribution in [0.4, 0.5) is 0 Å². The third-order valence-corrected chi connectivity index (χ3v) is 2.37. The molecule has 1 aromatic heterocycles. The van der Waals surface area contributed by atoms with Gasteiger partial charge in [0.15, 0.2) is 0 Å². The van der Waals surface area contributed by atoms with Crippen molar-refractivity contribution in [1.82, 2.24) is 0 Å². The van der Waals surface area contributed by atoms with Crippen molar-refractivity contribution in [3.8, 4) is 6.07 Å². The van der Waals surface area contributed by atoms with E-state index in [-0.39, 0.29) is 0 Å². The first kappa shape index (κ1) is 9.49. The van der Waals surface area contributed by atoms with Crippen LogP contribution in [0.25, 0.3) is 6.08 Å². The molecule has 0 aliphatic heterocycles. The summed E-state index contributed by atoms with van der Waals surface area (Å²) in [5, 5.41) is 16.8. The molecule has 1 rings (SSSR count). The van der Waals surface area contributed by atoms with Gasteiger partial charge >= 0.3 is 5.97 Å². The van der Waals surface area contributed by atoms with Crippen molar-refractivity contribution in [2.75, 3.05) is 0 Å². The van der Waals surface area contributed by atoms with E-state index in [0.29, 0.717) is 11.3 Å². The number of carbonyl (C=O) groups is 1. The lowest BCUT2D eigenvalue weighted by atomic mass is 10.3. The van der Waals surface area contributed by atoms with Crippen LogP contribution in [0.2, 0.25) is 0 Å². The molecule has 3 nitrogen and oxygen atoms in total. The van der Waals surface area contributed by atoms with Crippen molar-refractivity contribution >= 4 is 23.4 Å². The number of allylic oxidation sites excluding steroid dienone is 1. The van der Waals surface area contributed by atoms with Crippen molar-refractivity contribution < 1.29 is 9.90 Å². The minimum absolute atomic E-state index is 0.316. The Morgan fingerprint density at radius 2 is 2.46 bits per heavy atom. The highest BCUT2D eigenvalue weighted by molar-refractivity contribution is 7.14. The molecule has 0 atom stereocenters. The predicted octanol–water partition coefficient (Wildman–Crippen LogP) is 2.37. The first-order valence-corrected chi connectivity index (χ1v) is 4.42. The molecule has 0 amide bonds. The minimum Gasteiger partial charge on any atom is -0.477 e. The number of thiophene rings is 1. The lowest BCUT2D eigenvalue weighted by Crippen LogP contribution is -1.89. The van der Waals surface area contributed by atoms with Gasteiger partial charge in [0.1, 0.15) is 4.88 Å². The number of hydrogen-bond donors (Lipinski definition) is 1. The number of carboxylic acids is 1. The van der Waals surface area contributed by atoms with E-state index in [1.807, 2.05) is 6.07 Å². The first-order chi connectivity index (χ1) is 6.24. The SMILES string of the molecule is N#CCC=Cc1ccc(C(=O)O)s1. The van der Waals surface area contributed by atoms with Crippen LogP contribution in [0.5, 0.6) is 0 Å². The summed E-state index contributed by atoms with van der Waals surface area (Å²) in [4.78, 5) is 11.6. The van der Waals surface area contributed by atoms with Crippen LogP contribution in [0.1, 0.15) is 21.0 Å². The molecule has 0 fully saturated rings. The average Bonchev–Trinajstić information content (AvgIpc) is 2.53. The van der Waals surface area contributed by atoms with Crippen molar-refractivity contribution in [3.63, 3.8) is 0 Å². The normalized spacial score (nSPS) is 10.1. The Bertz CT molecular complexity index is 373. The molecule has 0 bridgehead atoms. The molecule has 66 valence electrons. The van der Waals surface area contributed by atoms with E-state index >= 15 is 0 Å². The summed E-state index contributed by atoms with van der Waals surface area (Å²) in [6, 6.07) is 5.25. The number of carboxylic acid groups (broad SMARTS) is 1. The maximum Gasteiger partial charge on any atom is 0.345 e. The highest BCUT2D eigenvalue weighted by Gasteiger charge is 2.04. The number of aromatic carboxylic acids is 1. The van der Waals surface area contributed by atoms with Gasteiger partial charge in [-0.2, -0.15) is 5.26 Å². The molecule has 0 radical (unpaired) electrons. The molecular weight excluding hydrogens is 186 g/mol. The molecular formula is C9H7NO2S. The van der Waals surface area contributed by atoms with Gasteiger partial charge < -0.3 is 5.11 Å². The molecule has 4 heteroatoms. The van der Waals surface area contributed by atoms with Gasteiger partial charge in [-0.05, 0) is 18.2 Å². The van der Waals surface area contributed by atoms with Crippen LogP contribution in [0.15, 0.2) is 18.2 Å². The van der Waals surface area contributed by atoms with Crippen LogP contribution in [0.3, 0.4) is 0 Å². The van der Waals surface area contributed by atoms with Gasteiger partial charge in [0, 0.05) is 4.88 Å². The monoisotopic (exact) mass is 193 g/mol. The number of nitriles is 1. The second kappa shape index (κ2) is 4.43. The summed E-state index contributed by atoms with van der Waals surface area (Å²) >= 11 is 1.20. The summed E-state index contributed by atoms with van der Waals surface area (Å²) in [5.74, 6) is -0.912. The molecule has 1 heterocycles. The Morgan fingerprint density at radius 1 is 1.69 bits per heavy atom. The fraction of sp³-hybridized carbons (Fsp3) is 0.111. The van der Waals surface area contributed by atoms with E-state index in [9.17, 15) is 4.79 Å². The number of nitrogens with zero attached hydrogens (tertiary/aromatic N) is 1. The van der Waals surface area contributed by atoms with Crippen LogP contribution in [0, 0.1) is 11.3 Å². The summed E-state index contributed by atoms with van der Waals surface area (Å²) < 4.78 is 0. The second-order valence-electron chi connectivity index (χ2n) is 2.27. The zero-order valence-corrected chi connectivity index (χ0v) is 7.54. The largest absolute Gasteiger partial charge is 0.477 e. The molecule has 0 aliphatic carbocycles.